The number of carbonyl (C=O) groups is 1. The van der Waals surface area contributed by atoms with Crippen molar-refractivity contribution in [3.63, 3.8) is 0 Å². The fourth-order valence-electron chi connectivity index (χ4n) is 2.92. The van der Waals surface area contributed by atoms with E-state index in [2.05, 4.69) is 36.7 Å². The highest BCUT2D eigenvalue weighted by molar-refractivity contribution is 9.10. The lowest BCUT2D eigenvalue weighted by molar-refractivity contribution is -0.118. The monoisotopic (exact) mass is 541 g/mol. The van der Waals surface area contributed by atoms with Crippen LogP contribution in [0.4, 0.5) is 0 Å². The van der Waals surface area contributed by atoms with Gasteiger partial charge >= 0.3 is 0 Å². The Morgan fingerprint density at radius 2 is 1.88 bits per heavy atom. The number of aromatic nitrogens is 3. The SMILES string of the molecule is O=C(CSc1nnc(-c2ccc(Cl)cc2)n1-c1ccccc1)N/N=C/c1cc(Br)ccc1O. The zero-order valence-electron chi connectivity index (χ0n) is 17.0. The zero-order valence-corrected chi connectivity index (χ0v) is 20.2. The van der Waals surface area contributed by atoms with Gasteiger partial charge in [-0.05, 0) is 54.6 Å². The van der Waals surface area contributed by atoms with Crippen molar-refractivity contribution in [1.29, 1.82) is 0 Å². The van der Waals surface area contributed by atoms with Gasteiger partial charge in [0.25, 0.3) is 5.91 Å². The summed E-state index contributed by atoms with van der Waals surface area (Å²) in [5, 5.41) is 23.6. The summed E-state index contributed by atoms with van der Waals surface area (Å²) < 4.78 is 2.68. The molecule has 1 aromatic heterocycles. The molecule has 0 atom stereocenters. The number of carbonyl (C=O) groups excluding carboxylic acids is 1. The summed E-state index contributed by atoms with van der Waals surface area (Å²) in [4.78, 5) is 12.3. The second kappa shape index (κ2) is 10.7. The Morgan fingerprint density at radius 3 is 2.64 bits per heavy atom. The maximum atomic E-state index is 12.3. The summed E-state index contributed by atoms with van der Waals surface area (Å²) in [6.45, 7) is 0. The van der Waals surface area contributed by atoms with Crippen LogP contribution < -0.4 is 5.43 Å². The van der Waals surface area contributed by atoms with Crippen molar-refractivity contribution in [3.8, 4) is 22.8 Å². The van der Waals surface area contributed by atoms with Crippen LogP contribution in [0.2, 0.25) is 5.02 Å². The van der Waals surface area contributed by atoms with Crippen LogP contribution in [-0.4, -0.2) is 37.7 Å². The van der Waals surface area contributed by atoms with Gasteiger partial charge in [0.05, 0.1) is 12.0 Å². The molecule has 7 nitrogen and oxygen atoms in total. The maximum absolute atomic E-state index is 12.3. The van der Waals surface area contributed by atoms with Crippen LogP contribution in [0.15, 0.2) is 87.5 Å². The maximum Gasteiger partial charge on any atom is 0.250 e. The number of amides is 1. The van der Waals surface area contributed by atoms with E-state index in [1.54, 1.807) is 24.3 Å². The lowest BCUT2D eigenvalue weighted by atomic mass is 10.2. The third-order valence-electron chi connectivity index (χ3n) is 4.46. The van der Waals surface area contributed by atoms with Gasteiger partial charge in [0, 0.05) is 26.3 Å². The Balaban J connectivity index is 1.50. The van der Waals surface area contributed by atoms with E-state index in [-0.39, 0.29) is 17.4 Å². The van der Waals surface area contributed by atoms with E-state index in [0.29, 0.717) is 21.6 Å². The van der Waals surface area contributed by atoms with Crippen molar-refractivity contribution < 1.29 is 9.90 Å². The summed E-state index contributed by atoms with van der Waals surface area (Å²) in [6.07, 6.45) is 1.38. The quantitative estimate of drug-likeness (QED) is 0.188. The smallest absolute Gasteiger partial charge is 0.250 e. The number of aromatic hydroxyl groups is 1. The van der Waals surface area contributed by atoms with Gasteiger partial charge in [-0.15, -0.1) is 10.2 Å². The zero-order chi connectivity index (χ0) is 23.2. The van der Waals surface area contributed by atoms with E-state index in [0.717, 1.165) is 15.7 Å². The van der Waals surface area contributed by atoms with Crippen LogP contribution >= 0.6 is 39.3 Å². The van der Waals surface area contributed by atoms with Gasteiger partial charge in [0.2, 0.25) is 0 Å². The number of nitrogens with zero attached hydrogens (tertiary/aromatic N) is 4. The van der Waals surface area contributed by atoms with Crippen LogP contribution in [-0.2, 0) is 4.79 Å². The first kappa shape index (κ1) is 23.0. The second-order valence-corrected chi connectivity index (χ2v) is 9.06. The Morgan fingerprint density at radius 1 is 1.12 bits per heavy atom. The molecule has 0 bridgehead atoms. The van der Waals surface area contributed by atoms with Gasteiger partial charge in [-0.1, -0.05) is 57.5 Å². The minimum Gasteiger partial charge on any atom is -0.507 e. The van der Waals surface area contributed by atoms with Gasteiger partial charge in [-0.3, -0.25) is 9.36 Å². The molecule has 0 aliphatic rings. The molecule has 4 aromatic rings. The average Bonchev–Trinajstić information content (AvgIpc) is 3.25. The molecule has 166 valence electrons. The number of hydrogen-bond acceptors (Lipinski definition) is 6. The fraction of sp³-hybridized carbons (Fsp3) is 0.0435. The molecule has 0 spiro atoms. The molecule has 0 aliphatic heterocycles. The molecule has 2 N–H and O–H groups in total. The van der Waals surface area contributed by atoms with E-state index < -0.39 is 0 Å². The van der Waals surface area contributed by atoms with Crippen molar-refractivity contribution in [2.24, 2.45) is 5.10 Å². The number of rotatable bonds is 7. The first-order valence-electron chi connectivity index (χ1n) is 9.71. The van der Waals surface area contributed by atoms with E-state index in [1.807, 2.05) is 47.0 Å². The topological polar surface area (TPSA) is 92.4 Å². The first-order valence-corrected chi connectivity index (χ1v) is 11.9. The van der Waals surface area contributed by atoms with Crippen LogP contribution in [0.3, 0.4) is 0 Å². The minimum absolute atomic E-state index is 0.0660. The van der Waals surface area contributed by atoms with E-state index in [1.165, 1.54) is 24.0 Å². The highest BCUT2D eigenvalue weighted by Crippen LogP contribution is 2.28. The lowest BCUT2D eigenvalue weighted by Crippen LogP contribution is -2.20. The summed E-state index contributed by atoms with van der Waals surface area (Å²) in [5.74, 6) is 0.467. The van der Waals surface area contributed by atoms with Crippen molar-refractivity contribution >= 4 is 51.4 Å². The minimum atomic E-state index is -0.318. The van der Waals surface area contributed by atoms with Crippen molar-refractivity contribution in [2.75, 3.05) is 5.75 Å². The van der Waals surface area contributed by atoms with Crippen molar-refractivity contribution in [2.45, 2.75) is 5.16 Å². The molecular weight excluding hydrogens is 526 g/mol. The predicted octanol–water partition coefficient (Wildman–Crippen LogP) is 5.30. The molecule has 0 saturated heterocycles. The summed E-state index contributed by atoms with van der Waals surface area (Å²) >= 11 is 10.6. The third-order valence-corrected chi connectivity index (χ3v) is 6.14. The average molecular weight is 543 g/mol. The molecule has 33 heavy (non-hydrogen) atoms. The number of hydrogen-bond donors (Lipinski definition) is 2. The Labute approximate surface area is 207 Å². The third kappa shape index (κ3) is 5.81. The van der Waals surface area contributed by atoms with Crippen LogP contribution in [0.5, 0.6) is 5.75 Å². The Kier molecular flexibility index (Phi) is 7.43. The van der Waals surface area contributed by atoms with Crippen molar-refractivity contribution in [1.82, 2.24) is 20.2 Å². The van der Waals surface area contributed by atoms with Crippen LogP contribution in [0.1, 0.15) is 5.56 Å². The predicted molar refractivity (Wildman–Crippen MR) is 134 cm³/mol. The molecule has 0 unspecified atom stereocenters. The highest BCUT2D eigenvalue weighted by atomic mass is 79.9. The van der Waals surface area contributed by atoms with E-state index in [4.69, 9.17) is 11.6 Å². The van der Waals surface area contributed by atoms with Gasteiger partial charge in [-0.25, -0.2) is 5.43 Å². The van der Waals surface area contributed by atoms with Gasteiger partial charge in [0.15, 0.2) is 11.0 Å². The van der Waals surface area contributed by atoms with E-state index >= 15 is 0 Å². The number of nitrogens with one attached hydrogen (secondary N) is 1. The molecule has 1 heterocycles. The summed E-state index contributed by atoms with van der Waals surface area (Å²) in [6, 6.07) is 22.0. The summed E-state index contributed by atoms with van der Waals surface area (Å²) in [5.41, 5.74) is 4.67. The number of halogens is 2. The fourth-order valence-corrected chi connectivity index (χ4v) is 4.17. The van der Waals surface area contributed by atoms with Gasteiger partial charge in [0.1, 0.15) is 5.75 Å². The largest absolute Gasteiger partial charge is 0.507 e. The summed E-state index contributed by atoms with van der Waals surface area (Å²) in [7, 11) is 0. The first-order chi connectivity index (χ1) is 16.0. The van der Waals surface area contributed by atoms with E-state index in [9.17, 15) is 9.90 Å². The molecular formula is C23H17BrClN5O2S. The highest BCUT2D eigenvalue weighted by Gasteiger charge is 2.17. The number of hydrazone groups is 1. The number of thioether (sulfide) groups is 1. The lowest BCUT2D eigenvalue weighted by Gasteiger charge is -2.10. The molecule has 4 rings (SSSR count). The van der Waals surface area contributed by atoms with Crippen LogP contribution in [0, 0.1) is 0 Å². The second-order valence-electron chi connectivity index (χ2n) is 6.77. The van der Waals surface area contributed by atoms with Gasteiger partial charge in [-0.2, -0.15) is 5.10 Å². The molecule has 3 aromatic carbocycles. The van der Waals surface area contributed by atoms with Crippen molar-refractivity contribution in [3.05, 3.63) is 87.9 Å². The van der Waals surface area contributed by atoms with Crippen LogP contribution in [0.25, 0.3) is 17.1 Å². The molecule has 0 radical (unpaired) electrons. The number of para-hydroxylation sites is 1. The molecule has 10 heteroatoms. The number of benzene rings is 3. The number of phenolic OH excluding ortho intramolecular Hbond substituents is 1. The molecule has 0 saturated carbocycles. The normalized spacial score (nSPS) is 11.1. The standard InChI is InChI=1S/C23H17BrClN5O2S/c24-17-8-11-20(31)16(12-17)13-26-27-21(32)14-33-23-29-28-22(15-6-9-18(25)10-7-15)30(23)19-4-2-1-3-5-19/h1-13,31H,14H2,(H,27,32)/b26-13+. The molecule has 0 aliphatic carbocycles. The molecule has 1 amide bonds. The molecule has 0 fully saturated rings. The van der Waals surface area contributed by atoms with Gasteiger partial charge < -0.3 is 5.11 Å². The Bertz CT molecular complexity index is 1300. The Hall–Kier alpha value is -3.14. The number of phenols is 1.